The number of carbonyl (C=O) groups is 1. The minimum Gasteiger partial charge on any atom is -0.368 e. The molecule has 8 heteroatoms. The van der Waals surface area contributed by atoms with E-state index in [9.17, 15) is 18.0 Å². The third kappa shape index (κ3) is 3.60. The number of alkyl halides is 3. The van der Waals surface area contributed by atoms with Crippen LogP contribution in [0.25, 0.3) is 0 Å². The second kappa shape index (κ2) is 5.77. The molecule has 0 atom stereocenters. The first-order valence-corrected chi connectivity index (χ1v) is 5.70. The molecule has 1 rings (SSSR count). The van der Waals surface area contributed by atoms with Crippen LogP contribution in [0.2, 0.25) is 0 Å². The molecule has 0 aliphatic heterocycles. The van der Waals surface area contributed by atoms with Crippen LogP contribution in [0.4, 0.5) is 19.0 Å². The highest BCUT2D eigenvalue weighted by molar-refractivity contribution is 5.80. The van der Waals surface area contributed by atoms with Crippen molar-refractivity contribution in [2.45, 2.75) is 26.1 Å². The lowest BCUT2D eigenvalue weighted by atomic mass is 10.2. The van der Waals surface area contributed by atoms with Crippen LogP contribution in [-0.4, -0.2) is 23.5 Å². The molecule has 1 heterocycles. The van der Waals surface area contributed by atoms with Gasteiger partial charge in [-0.05, 0) is 26.0 Å². The van der Waals surface area contributed by atoms with E-state index < -0.39 is 17.8 Å². The summed E-state index contributed by atoms with van der Waals surface area (Å²) in [4.78, 5) is 15.7. The van der Waals surface area contributed by atoms with Gasteiger partial charge in [-0.3, -0.25) is 4.79 Å². The highest BCUT2D eigenvalue weighted by Gasteiger charge is 2.34. The number of nitrogens with zero attached hydrogens (tertiary/aromatic N) is 3. The van der Waals surface area contributed by atoms with Crippen LogP contribution in [-0.2, 0) is 11.0 Å². The van der Waals surface area contributed by atoms with Crippen molar-refractivity contribution in [1.82, 2.24) is 4.98 Å². The van der Waals surface area contributed by atoms with Gasteiger partial charge in [-0.2, -0.15) is 18.4 Å². The van der Waals surface area contributed by atoms with Gasteiger partial charge in [-0.15, -0.1) is 0 Å². The normalized spacial score (nSPS) is 11.2. The van der Waals surface area contributed by atoms with Crippen LogP contribution >= 0.6 is 0 Å². The number of nitrogens with two attached hydrogens (primary N) is 1. The molecule has 2 N–H and O–H groups in total. The predicted octanol–water partition coefficient (Wildman–Crippen LogP) is 1.67. The third-order valence-corrected chi connectivity index (χ3v) is 2.51. The zero-order chi connectivity index (χ0) is 15.5. The molecule has 1 aromatic heterocycles. The smallest absolute Gasteiger partial charge is 0.368 e. The van der Waals surface area contributed by atoms with Gasteiger partial charge >= 0.3 is 6.18 Å². The number of hydrogen-bond acceptors (Lipinski definition) is 4. The third-order valence-electron chi connectivity index (χ3n) is 2.51. The minimum absolute atomic E-state index is 0.0482. The molecule has 0 aliphatic carbocycles. The van der Waals surface area contributed by atoms with Gasteiger partial charge in [0.2, 0.25) is 5.91 Å². The topological polar surface area (TPSA) is 83.0 Å². The number of carbonyl (C=O) groups excluding carboxylic acids is 1. The largest absolute Gasteiger partial charge is 0.433 e. The number of anilines is 1. The van der Waals surface area contributed by atoms with E-state index in [4.69, 9.17) is 11.0 Å². The van der Waals surface area contributed by atoms with Crippen molar-refractivity contribution < 1.29 is 18.0 Å². The van der Waals surface area contributed by atoms with Gasteiger partial charge in [0, 0.05) is 6.04 Å². The Morgan fingerprint density at radius 3 is 2.50 bits per heavy atom. The first-order chi connectivity index (χ1) is 9.16. The van der Waals surface area contributed by atoms with E-state index in [1.54, 1.807) is 19.9 Å². The summed E-state index contributed by atoms with van der Waals surface area (Å²) in [6.45, 7) is 3.00. The number of nitriles is 1. The molecule has 0 aromatic carbocycles. The Kier molecular flexibility index (Phi) is 4.55. The van der Waals surface area contributed by atoms with Crippen molar-refractivity contribution in [3.63, 3.8) is 0 Å². The van der Waals surface area contributed by atoms with E-state index in [0.717, 1.165) is 12.1 Å². The summed E-state index contributed by atoms with van der Waals surface area (Å²) in [6, 6.07) is 3.17. The lowest BCUT2D eigenvalue weighted by molar-refractivity contribution is -0.141. The summed E-state index contributed by atoms with van der Waals surface area (Å²) in [7, 11) is 0. The van der Waals surface area contributed by atoms with Gasteiger partial charge in [-0.25, -0.2) is 4.98 Å². The zero-order valence-electron chi connectivity index (χ0n) is 10.9. The standard InChI is InChI=1S/C12H13F3N4O/c1-7(2)19(6-10(17)20)11-8(5-16)3-4-9(18-11)12(13,14)15/h3-4,7H,6H2,1-2H3,(H2,17,20). The zero-order valence-corrected chi connectivity index (χ0v) is 10.9. The molecule has 108 valence electrons. The fraction of sp³-hybridized carbons (Fsp3) is 0.417. The number of aromatic nitrogens is 1. The predicted molar refractivity (Wildman–Crippen MR) is 65.6 cm³/mol. The van der Waals surface area contributed by atoms with Gasteiger partial charge < -0.3 is 10.6 Å². The fourth-order valence-corrected chi connectivity index (χ4v) is 1.58. The highest BCUT2D eigenvalue weighted by atomic mass is 19.4. The fourth-order valence-electron chi connectivity index (χ4n) is 1.58. The maximum Gasteiger partial charge on any atom is 0.433 e. The van der Waals surface area contributed by atoms with Crippen molar-refractivity contribution in [2.75, 3.05) is 11.4 Å². The molecule has 0 saturated heterocycles. The maximum atomic E-state index is 12.7. The highest BCUT2D eigenvalue weighted by Crippen LogP contribution is 2.30. The molecule has 0 bridgehead atoms. The van der Waals surface area contributed by atoms with E-state index in [1.807, 2.05) is 0 Å². The number of hydrogen-bond donors (Lipinski definition) is 1. The van der Waals surface area contributed by atoms with Crippen LogP contribution in [0.1, 0.15) is 25.1 Å². The monoisotopic (exact) mass is 286 g/mol. The van der Waals surface area contributed by atoms with Gasteiger partial charge in [0.15, 0.2) is 0 Å². The molecule has 0 radical (unpaired) electrons. The van der Waals surface area contributed by atoms with Crippen LogP contribution in [0.15, 0.2) is 12.1 Å². The maximum absolute atomic E-state index is 12.7. The second-order valence-electron chi connectivity index (χ2n) is 4.37. The van der Waals surface area contributed by atoms with Crippen molar-refractivity contribution >= 4 is 11.7 Å². The van der Waals surface area contributed by atoms with E-state index in [-0.39, 0.29) is 24.0 Å². The molecule has 1 aromatic rings. The lowest BCUT2D eigenvalue weighted by Gasteiger charge is -2.27. The van der Waals surface area contributed by atoms with E-state index in [2.05, 4.69) is 4.98 Å². The number of rotatable bonds is 4. The summed E-state index contributed by atoms with van der Waals surface area (Å²) in [5.41, 5.74) is 3.90. The molecular weight excluding hydrogens is 273 g/mol. The van der Waals surface area contributed by atoms with E-state index in [1.165, 1.54) is 4.90 Å². The molecule has 1 amide bonds. The van der Waals surface area contributed by atoms with Gasteiger partial charge in [0.05, 0.1) is 12.1 Å². The number of primary amides is 1. The summed E-state index contributed by atoms with van der Waals surface area (Å²) < 4.78 is 38.0. The van der Waals surface area contributed by atoms with Crippen LogP contribution < -0.4 is 10.6 Å². The molecule has 0 spiro atoms. The van der Waals surface area contributed by atoms with Crippen LogP contribution in [0.3, 0.4) is 0 Å². The second-order valence-corrected chi connectivity index (χ2v) is 4.37. The average Bonchev–Trinajstić information content (AvgIpc) is 2.33. The minimum atomic E-state index is -4.63. The van der Waals surface area contributed by atoms with Crippen molar-refractivity contribution in [3.8, 4) is 6.07 Å². The number of halogens is 3. The molecule has 0 saturated carbocycles. The Hall–Kier alpha value is -2.30. The SMILES string of the molecule is CC(C)N(CC(N)=O)c1nc(C(F)(F)F)ccc1C#N. The van der Waals surface area contributed by atoms with E-state index in [0.29, 0.717) is 0 Å². The van der Waals surface area contributed by atoms with Gasteiger partial charge in [-0.1, -0.05) is 0 Å². The molecule has 0 unspecified atom stereocenters. The number of pyridine rings is 1. The van der Waals surface area contributed by atoms with Crippen LogP contribution in [0, 0.1) is 11.3 Å². The van der Waals surface area contributed by atoms with Crippen molar-refractivity contribution in [2.24, 2.45) is 5.73 Å². The molecular formula is C12H13F3N4O. The quantitative estimate of drug-likeness (QED) is 0.912. The molecule has 0 aliphatic rings. The Labute approximate surface area is 113 Å². The number of amides is 1. The summed E-state index contributed by atoms with van der Waals surface area (Å²) in [5, 5.41) is 8.96. The van der Waals surface area contributed by atoms with Crippen molar-refractivity contribution in [3.05, 3.63) is 23.4 Å². The Balaban J connectivity index is 3.38. The van der Waals surface area contributed by atoms with Crippen molar-refractivity contribution in [1.29, 1.82) is 5.26 Å². The summed E-state index contributed by atoms with van der Waals surface area (Å²) in [5.74, 6) is -0.919. The first-order valence-electron chi connectivity index (χ1n) is 5.70. The van der Waals surface area contributed by atoms with Gasteiger partial charge in [0.1, 0.15) is 17.6 Å². The Bertz CT molecular complexity index is 549. The van der Waals surface area contributed by atoms with Crippen LogP contribution in [0.5, 0.6) is 0 Å². The summed E-state index contributed by atoms with van der Waals surface area (Å²) >= 11 is 0. The average molecular weight is 286 g/mol. The Morgan fingerprint density at radius 1 is 1.50 bits per heavy atom. The lowest BCUT2D eigenvalue weighted by Crippen LogP contribution is -2.39. The molecule has 5 nitrogen and oxygen atoms in total. The van der Waals surface area contributed by atoms with Gasteiger partial charge in [0.25, 0.3) is 0 Å². The first kappa shape index (κ1) is 15.8. The molecule has 0 fully saturated rings. The van der Waals surface area contributed by atoms with E-state index >= 15 is 0 Å². The molecule has 20 heavy (non-hydrogen) atoms. The summed E-state index contributed by atoms with van der Waals surface area (Å²) in [6.07, 6.45) is -4.63. The Morgan fingerprint density at radius 2 is 2.10 bits per heavy atom.